The molecule has 1 heterocycles. The Bertz CT molecular complexity index is 725. The number of para-hydroxylation sites is 1. The monoisotopic (exact) mass is 360 g/mol. The molecule has 19 heavy (non-hydrogen) atoms. The van der Waals surface area contributed by atoms with Crippen molar-refractivity contribution in [2.75, 3.05) is 4.72 Å². The smallest absolute Gasteiger partial charge is 0.272 e. The van der Waals surface area contributed by atoms with Crippen molar-refractivity contribution in [3.8, 4) is 0 Å². The first-order valence-electron chi connectivity index (χ1n) is 5.06. The van der Waals surface area contributed by atoms with Crippen molar-refractivity contribution in [2.45, 2.75) is 4.21 Å². The highest BCUT2D eigenvalue weighted by atomic mass is 79.9. The van der Waals surface area contributed by atoms with Crippen molar-refractivity contribution in [1.29, 1.82) is 0 Å². The Morgan fingerprint density at radius 3 is 2.53 bits per heavy atom. The number of benzene rings is 1. The number of nitrogens with one attached hydrogen (secondary N) is 1. The molecule has 0 bridgehead atoms. The largest absolute Gasteiger partial charge is 0.366 e. The van der Waals surface area contributed by atoms with Crippen molar-refractivity contribution < 1.29 is 13.2 Å². The number of carbonyl (C=O) groups is 1. The van der Waals surface area contributed by atoms with E-state index < -0.39 is 15.9 Å². The summed E-state index contributed by atoms with van der Waals surface area (Å²) in [6.45, 7) is 0. The van der Waals surface area contributed by atoms with Crippen molar-refractivity contribution in [1.82, 2.24) is 0 Å². The first kappa shape index (κ1) is 14.0. The van der Waals surface area contributed by atoms with Crippen LogP contribution in [0.3, 0.4) is 0 Å². The summed E-state index contributed by atoms with van der Waals surface area (Å²) < 4.78 is 27.3. The summed E-state index contributed by atoms with van der Waals surface area (Å²) in [4.78, 5) is 11.2. The minimum absolute atomic E-state index is 0.124. The van der Waals surface area contributed by atoms with Crippen LogP contribution in [0.2, 0.25) is 0 Å². The first-order chi connectivity index (χ1) is 8.92. The van der Waals surface area contributed by atoms with E-state index in [-0.39, 0.29) is 15.5 Å². The molecule has 2 aromatic rings. The van der Waals surface area contributed by atoms with Gasteiger partial charge in [0.05, 0.1) is 11.3 Å². The minimum Gasteiger partial charge on any atom is -0.366 e. The van der Waals surface area contributed by atoms with Gasteiger partial charge in [-0.15, -0.1) is 11.3 Å². The molecule has 0 aliphatic rings. The molecule has 0 saturated carbocycles. The third kappa shape index (κ3) is 2.96. The summed E-state index contributed by atoms with van der Waals surface area (Å²) in [5.74, 6) is -0.691. The van der Waals surface area contributed by atoms with Crippen LogP contribution in [0.15, 0.2) is 44.4 Å². The number of anilines is 1. The molecule has 0 saturated heterocycles. The van der Waals surface area contributed by atoms with E-state index in [0.717, 1.165) is 11.3 Å². The zero-order valence-corrected chi connectivity index (χ0v) is 12.7. The average molecular weight is 361 g/mol. The number of sulfonamides is 1. The summed E-state index contributed by atoms with van der Waals surface area (Å²) in [6.07, 6.45) is 0. The van der Waals surface area contributed by atoms with E-state index in [9.17, 15) is 13.2 Å². The van der Waals surface area contributed by atoms with E-state index >= 15 is 0 Å². The van der Waals surface area contributed by atoms with Crippen molar-refractivity contribution in [2.24, 2.45) is 5.73 Å². The van der Waals surface area contributed by atoms with Crippen LogP contribution in [0.5, 0.6) is 0 Å². The molecule has 0 unspecified atom stereocenters. The van der Waals surface area contributed by atoms with E-state index in [4.69, 9.17) is 5.73 Å². The van der Waals surface area contributed by atoms with E-state index in [1.54, 1.807) is 23.6 Å². The fourth-order valence-electron chi connectivity index (χ4n) is 1.45. The molecular formula is C11H9BrN2O3S2. The minimum atomic E-state index is -3.74. The Morgan fingerprint density at radius 1 is 1.26 bits per heavy atom. The molecule has 2 rings (SSSR count). The van der Waals surface area contributed by atoms with Crippen molar-refractivity contribution in [3.63, 3.8) is 0 Å². The molecule has 8 heteroatoms. The number of thiophene rings is 1. The second-order valence-corrected chi connectivity index (χ2v) is 7.22. The van der Waals surface area contributed by atoms with Gasteiger partial charge >= 0.3 is 0 Å². The Morgan fingerprint density at radius 2 is 1.95 bits per heavy atom. The molecule has 1 amide bonds. The van der Waals surface area contributed by atoms with Gasteiger partial charge in [-0.3, -0.25) is 9.52 Å². The van der Waals surface area contributed by atoms with Gasteiger partial charge in [0.25, 0.3) is 15.9 Å². The molecule has 0 aliphatic carbocycles. The van der Waals surface area contributed by atoms with Gasteiger partial charge in [-0.1, -0.05) is 12.1 Å². The van der Waals surface area contributed by atoms with Gasteiger partial charge in [0, 0.05) is 4.47 Å². The molecule has 0 atom stereocenters. The van der Waals surface area contributed by atoms with Gasteiger partial charge < -0.3 is 5.73 Å². The Labute approximate surface area is 122 Å². The molecule has 0 radical (unpaired) electrons. The van der Waals surface area contributed by atoms with Gasteiger partial charge in [-0.2, -0.15) is 0 Å². The molecular weight excluding hydrogens is 352 g/mol. The van der Waals surface area contributed by atoms with Crippen LogP contribution in [-0.4, -0.2) is 14.3 Å². The van der Waals surface area contributed by atoms with Crippen LogP contribution >= 0.6 is 27.3 Å². The number of halogens is 1. The number of hydrogen-bond donors (Lipinski definition) is 2. The number of carbonyl (C=O) groups excluding carboxylic acids is 1. The fraction of sp³-hybridized carbons (Fsp3) is 0. The summed E-state index contributed by atoms with van der Waals surface area (Å²) in [5, 5.41) is 1.65. The van der Waals surface area contributed by atoms with Crippen LogP contribution in [0.25, 0.3) is 0 Å². The zero-order valence-electron chi connectivity index (χ0n) is 9.46. The van der Waals surface area contributed by atoms with Crippen LogP contribution in [0, 0.1) is 0 Å². The molecule has 1 aromatic carbocycles. The van der Waals surface area contributed by atoms with Gasteiger partial charge in [0.15, 0.2) is 4.21 Å². The molecule has 0 spiro atoms. The Hall–Kier alpha value is -1.38. The van der Waals surface area contributed by atoms with E-state index in [1.807, 2.05) is 0 Å². The Kier molecular flexibility index (Phi) is 3.93. The zero-order chi connectivity index (χ0) is 14.0. The van der Waals surface area contributed by atoms with Gasteiger partial charge in [0.2, 0.25) is 0 Å². The lowest BCUT2D eigenvalue weighted by atomic mass is 10.2. The third-order valence-corrected chi connectivity index (χ3v) is 6.30. The highest BCUT2D eigenvalue weighted by Gasteiger charge is 2.21. The second-order valence-electron chi connectivity index (χ2n) is 3.57. The predicted octanol–water partition coefficient (Wildman–Crippen LogP) is 2.41. The normalized spacial score (nSPS) is 11.2. The lowest BCUT2D eigenvalue weighted by Crippen LogP contribution is -2.18. The van der Waals surface area contributed by atoms with E-state index in [2.05, 4.69) is 20.7 Å². The molecule has 3 N–H and O–H groups in total. The highest BCUT2D eigenvalue weighted by molar-refractivity contribution is 9.10. The fourth-order valence-corrected chi connectivity index (χ4v) is 4.87. The number of nitrogens with two attached hydrogens (primary N) is 1. The number of amides is 1. The highest BCUT2D eigenvalue weighted by Crippen LogP contribution is 2.29. The first-order valence-corrected chi connectivity index (χ1v) is 8.22. The van der Waals surface area contributed by atoms with Crippen LogP contribution in [-0.2, 0) is 10.0 Å². The standard InChI is InChI=1S/C11H9BrN2O3S2/c12-8-5-6-18-11(8)19(16,17)14-9-4-2-1-3-7(9)10(13)15/h1-6,14H,(H2,13,15). The molecule has 1 aromatic heterocycles. The van der Waals surface area contributed by atoms with E-state index in [1.165, 1.54) is 12.1 Å². The average Bonchev–Trinajstić information content (AvgIpc) is 2.76. The lowest BCUT2D eigenvalue weighted by molar-refractivity contribution is 0.100. The maximum atomic E-state index is 12.2. The van der Waals surface area contributed by atoms with Gasteiger partial charge in [0.1, 0.15) is 0 Å². The van der Waals surface area contributed by atoms with Crippen molar-refractivity contribution >= 4 is 48.9 Å². The van der Waals surface area contributed by atoms with Crippen LogP contribution < -0.4 is 10.5 Å². The van der Waals surface area contributed by atoms with Crippen LogP contribution in [0.4, 0.5) is 5.69 Å². The summed E-state index contributed by atoms with van der Waals surface area (Å²) >= 11 is 4.24. The molecule has 100 valence electrons. The van der Waals surface area contributed by atoms with Gasteiger partial charge in [-0.25, -0.2) is 8.42 Å². The lowest BCUT2D eigenvalue weighted by Gasteiger charge is -2.09. The van der Waals surface area contributed by atoms with E-state index in [0.29, 0.717) is 4.47 Å². The summed E-state index contributed by atoms with van der Waals surface area (Å²) in [5.41, 5.74) is 5.49. The quantitative estimate of drug-likeness (QED) is 0.876. The molecule has 0 aliphatic heterocycles. The summed E-state index contributed by atoms with van der Waals surface area (Å²) in [7, 11) is -3.74. The number of hydrogen-bond acceptors (Lipinski definition) is 4. The number of primary amides is 1. The maximum absolute atomic E-state index is 12.2. The van der Waals surface area contributed by atoms with Crippen molar-refractivity contribution in [3.05, 3.63) is 45.7 Å². The SMILES string of the molecule is NC(=O)c1ccccc1NS(=O)(=O)c1sccc1Br. The molecule has 0 fully saturated rings. The predicted molar refractivity (Wildman–Crippen MR) is 77.8 cm³/mol. The molecule has 5 nitrogen and oxygen atoms in total. The second kappa shape index (κ2) is 5.32. The third-order valence-electron chi connectivity index (χ3n) is 2.27. The summed E-state index contributed by atoms with van der Waals surface area (Å²) in [6, 6.07) is 7.81. The van der Waals surface area contributed by atoms with Crippen LogP contribution in [0.1, 0.15) is 10.4 Å². The van der Waals surface area contributed by atoms with Gasteiger partial charge in [-0.05, 0) is 39.5 Å². The Balaban J connectivity index is 2.42. The number of rotatable bonds is 4. The topological polar surface area (TPSA) is 89.3 Å². The maximum Gasteiger partial charge on any atom is 0.272 e.